The van der Waals surface area contributed by atoms with E-state index in [1.807, 2.05) is 42.5 Å². The first-order valence-electron chi connectivity index (χ1n) is 14.4. The Kier molecular flexibility index (Phi) is 9.09. The van der Waals surface area contributed by atoms with Gasteiger partial charge in [0.05, 0.1) is 17.0 Å². The molecule has 2 atom stereocenters. The van der Waals surface area contributed by atoms with Gasteiger partial charge < -0.3 is 19.8 Å². The Balaban J connectivity index is 1.27. The second kappa shape index (κ2) is 12.9. The predicted molar refractivity (Wildman–Crippen MR) is 152 cm³/mol. The molecule has 1 spiro atoms. The van der Waals surface area contributed by atoms with Crippen LogP contribution in [-0.2, 0) is 16.1 Å². The molecular weight excluding hydrogens is 506 g/mol. The highest BCUT2D eigenvalue weighted by Crippen LogP contribution is 2.39. The zero-order valence-corrected chi connectivity index (χ0v) is 23.0. The quantitative estimate of drug-likeness (QED) is 0.483. The Bertz CT molecular complexity index is 1290. The fourth-order valence-electron chi connectivity index (χ4n) is 5.91. The minimum Gasteiger partial charge on any atom is -0.462 e. The van der Waals surface area contributed by atoms with Gasteiger partial charge in [-0.25, -0.2) is 0 Å². The lowest BCUT2D eigenvalue weighted by atomic mass is 9.74. The minimum atomic E-state index is -1.20. The first kappa shape index (κ1) is 28.2. The molecule has 8 heteroatoms. The lowest BCUT2D eigenvalue weighted by molar-refractivity contribution is -0.165. The molecule has 0 radical (unpaired) electrons. The van der Waals surface area contributed by atoms with Crippen molar-refractivity contribution in [3.05, 3.63) is 78.0 Å². The van der Waals surface area contributed by atoms with Crippen LogP contribution in [-0.4, -0.2) is 81.9 Å². The summed E-state index contributed by atoms with van der Waals surface area (Å²) < 4.78 is 5.62. The number of nitrogens with zero attached hydrogens (tertiary/aromatic N) is 3. The van der Waals surface area contributed by atoms with Gasteiger partial charge in [0, 0.05) is 36.8 Å². The molecule has 0 unspecified atom stereocenters. The summed E-state index contributed by atoms with van der Waals surface area (Å²) in [4.78, 5) is 35.4. The Morgan fingerprint density at radius 2 is 1.73 bits per heavy atom. The van der Waals surface area contributed by atoms with E-state index in [-0.39, 0.29) is 24.9 Å². The molecule has 212 valence electrons. The van der Waals surface area contributed by atoms with E-state index in [1.165, 1.54) is 5.56 Å². The van der Waals surface area contributed by atoms with E-state index in [4.69, 9.17) is 4.74 Å². The molecule has 2 fully saturated rings. The van der Waals surface area contributed by atoms with Crippen LogP contribution >= 0.6 is 0 Å². The summed E-state index contributed by atoms with van der Waals surface area (Å²) in [5, 5.41) is 22.1. The third kappa shape index (κ3) is 6.69. The molecule has 2 aromatic carbocycles. The number of esters is 1. The first-order valence-corrected chi connectivity index (χ1v) is 14.4. The van der Waals surface area contributed by atoms with Crippen molar-refractivity contribution in [1.82, 2.24) is 14.8 Å². The van der Waals surface area contributed by atoms with E-state index >= 15 is 0 Å². The second-order valence-electron chi connectivity index (χ2n) is 11.2. The molecule has 0 aliphatic carbocycles. The number of hydrogen-bond acceptors (Lipinski definition) is 7. The molecule has 5 rings (SSSR count). The topological polar surface area (TPSA) is 103 Å². The van der Waals surface area contributed by atoms with Crippen LogP contribution in [0.5, 0.6) is 0 Å². The van der Waals surface area contributed by atoms with Crippen LogP contribution in [0.1, 0.15) is 54.4 Å². The van der Waals surface area contributed by atoms with Gasteiger partial charge >= 0.3 is 5.97 Å². The Labute approximate surface area is 235 Å². The molecule has 3 aromatic rings. The van der Waals surface area contributed by atoms with Gasteiger partial charge in [-0.2, -0.15) is 0 Å². The summed E-state index contributed by atoms with van der Waals surface area (Å²) >= 11 is 0. The van der Waals surface area contributed by atoms with Crippen LogP contribution in [0.2, 0.25) is 0 Å². The summed E-state index contributed by atoms with van der Waals surface area (Å²) in [6, 6.07) is 19.6. The second-order valence-corrected chi connectivity index (χ2v) is 11.2. The lowest BCUT2D eigenvalue weighted by Crippen LogP contribution is -2.45. The van der Waals surface area contributed by atoms with E-state index in [1.54, 1.807) is 17.2 Å². The molecular formula is C32H39N3O5. The van der Waals surface area contributed by atoms with E-state index in [2.05, 4.69) is 22.0 Å². The number of amides is 1. The van der Waals surface area contributed by atoms with Gasteiger partial charge in [-0.05, 0) is 75.0 Å². The van der Waals surface area contributed by atoms with Gasteiger partial charge in [-0.1, -0.05) is 42.8 Å². The van der Waals surface area contributed by atoms with Crippen molar-refractivity contribution in [2.75, 3.05) is 32.8 Å². The molecule has 0 saturated carbocycles. The van der Waals surface area contributed by atoms with Crippen LogP contribution in [0.3, 0.4) is 0 Å². The summed E-state index contributed by atoms with van der Waals surface area (Å²) in [5.41, 5.74) is 2.03. The predicted octanol–water partition coefficient (Wildman–Crippen LogP) is 3.80. The van der Waals surface area contributed by atoms with Crippen LogP contribution in [0.25, 0.3) is 10.9 Å². The fraction of sp³-hybridized carbons (Fsp3) is 0.469. The van der Waals surface area contributed by atoms with Gasteiger partial charge in [0.15, 0.2) is 0 Å². The largest absolute Gasteiger partial charge is 0.462 e. The highest BCUT2D eigenvalue weighted by atomic mass is 16.5. The van der Waals surface area contributed by atoms with Crippen LogP contribution in [0.15, 0.2) is 66.9 Å². The number of rotatable bonds is 3. The average Bonchev–Trinajstić information content (AvgIpc) is 3.00. The standard InChI is InChI=1S/C32H39N3O5/c36-28-12-18-35(30(38)26-10-11-27-25(21-26)9-6-16-33-27)17-5-4-13-32(31(39)40-23-29(28)37)14-19-34(20-15-32)22-24-7-2-1-3-8-24/h1-3,6-11,16,21,28-29,36-37H,4-5,12-15,17-20,22-23H2/t28-,29+/m0/s1. The Morgan fingerprint density at radius 1 is 0.925 bits per heavy atom. The number of aliphatic hydroxyl groups excluding tert-OH is 2. The van der Waals surface area contributed by atoms with Gasteiger partial charge in [0.2, 0.25) is 0 Å². The highest BCUT2D eigenvalue weighted by molar-refractivity contribution is 5.97. The van der Waals surface area contributed by atoms with Crippen molar-refractivity contribution < 1.29 is 24.5 Å². The van der Waals surface area contributed by atoms with Crippen LogP contribution in [0, 0.1) is 5.41 Å². The number of carbonyl (C=O) groups excluding carboxylic acids is 2. The molecule has 1 amide bonds. The average molecular weight is 546 g/mol. The monoisotopic (exact) mass is 545 g/mol. The number of pyridine rings is 1. The van der Waals surface area contributed by atoms with Gasteiger partial charge in [-0.15, -0.1) is 0 Å². The van der Waals surface area contributed by atoms with E-state index in [0.717, 1.165) is 43.4 Å². The maximum Gasteiger partial charge on any atom is 0.312 e. The van der Waals surface area contributed by atoms with Gasteiger partial charge in [-0.3, -0.25) is 19.5 Å². The highest BCUT2D eigenvalue weighted by Gasteiger charge is 2.42. The summed E-state index contributed by atoms with van der Waals surface area (Å²) in [5.74, 6) is -0.395. The van der Waals surface area contributed by atoms with Gasteiger partial charge in [0.1, 0.15) is 12.7 Å². The number of ether oxygens (including phenoxy) is 1. The zero-order valence-electron chi connectivity index (χ0n) is 23.0. The number of carbonyl (C=O) groups is 2. The molecule has 2 aliphatic heterocycles. The van der Waals surface area contributed by atoms with Gasteiger partial charge in [0.25, 0.3) is 5.91 Å². The molecule has 40 heavy (non-hydrogen) atoms. The molecule has 2 aliphatic rings. The fourth-order valence-corrected chi connectivity index (χ4v) is 5.91. The van der Waals surface area contributed by atoms with E-state index in [0.29, 0.717) is 37.9 Å². The van der Waals surface area contributed by atoms with E-state index < -0.39 is 17.6 Å². The number of fused-ring (bicyclic) bond motifs is 1. The third-order valence-electron chi connectivity index (χ3n) is 8.49. The molecule has 3 heterocycles. The number of likely N-dealkylation sites (tertiary alicyclic amines) is 1. The van der Waals surface area contributed by atoms with Crippen molar-refractivity contribution in [2.45, 2.75) is 57.3 Å². The zero-order chi connectivity index (χ0) is 28.0. The number of aliphatic hydroxyl groups is 2. The smallest absolute Gasteiger partial charge is 0.312 e. The number of benzene rings is 2. The van der Waals surface area contributed by atoms with Crippen molar-refractivity contribution in [3.63, 3.8) is 0 Å². The van der Waals surface area contributed by atoms with Crippen LogP contribution < -0.4 is 0 Å². The third-order valence-corrected chi connectivity index (χ3v) is 8.49. The van der Waals surface area contributed by atoms with Crippen LogP contribution in [0.4, 0.5) is 0 Å². The molecule has 2 N–H and O–H groups in total. The van der Waals surface area contributed by atoms with E-state index in [9.17, 15) is 19.8 Å². The number of piperidine rings is 1. The normalized spacial score (nSPS) is 23.1. The molecule has 8 nitrogen and oxygen atoms in total. The first-order chi connectivity index (χ1) is 19.4. The maximum absolute atomic E-state index is 13.5. The SMILES string of the molecule is O=C(c1ccc2ncccc2c1)N1CCCCC2(CCN(Cc3ccccc3)CC2)C(=O)OC[C@@H](O)[C@@H](O)CC1. The summed E-state index contributed by atoms with van der Waals surface area (Å²) in [6.07, 6.45) is 3.18. The van der Waals surface area contributed by atoms with Crippen molar-refractivity contribution in [2.24, 2.45) is 5.41 Å². The minimum absolute atomic E-state index is 0.112. The number of hydrogen-bond donors (Lipinski definition) is 2. The van der Waals surface area contributed by atoms with Crippen molar-refractivity contribution in [1.29, 1.82) is 0 Å². The maximum atomic E-state index is 13.5. The summed E-state index contributed by atoms with van der Waals surface area (Å²) in [7, 11) is 0. The number of cyclic esters (lactones) is 1. The van der Waals surface area contributed by atoms with Crippen molar-refractivity contribution >= 4 is 22.8 Å². The molecule has 2 saturated heterocycles. The summed E-state index contributed by atoms with van der Waals surface area (Å²) in [6.45, 7) is 2.99. The Hall–Kier alpha value is -3.33. The van der Waals surface area contributed by atoms with Crippen molar-refractivity contribution in [3.8, 4) is 0 Å². The Morgan fingerprint density at radius 3 is 2.52 bits per heavy atom. The number of aromatic nitrogens is 1. The lowest BCUT2D eigenvalue weighted by Gasteiger charge is -2.40. The molecule has 0 bridgehead atoms. The molecule has 1 aromatic heterocycles.